The average Bonchev–Trinajstić information content (AvgIpc) is 3.21. The molecule has 3 aliphatic carbocycles. The molecule has 0 unspecified atom stereocenters. The minimum atomic E-state index is -2.39. The molecule has 1 N–H and O–H groups in total. The standard InChI is InChI=1S/C39H66O6Si2/c1-26-16-21-32(44-46(12,13)35(2,3)4)38(10)30(26)24-31(40)39(45-47(14,15)36(5,6)7)23-22-29(37(39,8)9)33(34(38)41)43-25-27-17-19-28(42-11)20-18-27/h17-20,29-30,32-34,41H,1,16,21-25H2,2-15H3/t29-,30-,32+,33-,34+,38+,39-/m1/s1. The van der Waals surface area contributed by atoms with E-state index in [0.29, 0.717) is 19.4 Å². The van der Waals surface area contributed by atoms with Gasteiger partial charge >= 0.3 is 0 Å². The fraction of sp³-hybridized carbons (Fsp3) is 0.769. The number of Topliss-reactive ketones (excluding diaryl/α,β-unsaturated/α-hetero) is 1. The number of methoxy groups -OCH3 is 1. The smallest absolute Gasteiger partial charge is 0.193 e. The van der Waals surface area contributed by atoms with E-state index in [2.05, 4.69) is 95.1 Å². The lowest BCUT2D eigenvalue weighted by Crippen LogP contribution is -2.61. The highest BCUT2D eigenvalue weighted by Crippen LogP contribution is 2.62. The highest BCUT2D eigenvalue weighted by atomic mass is 28.4. The third-order valence-electron chi connectivity index (χ3n) is 13.7. The van der Waals surface area contributed by atoms with E-state index in [1.54, 1.807) is 7.11 Å². The van der Waals surface area contributed by atoms with Gasteiger partial charge in [-0.3, -0.25) is 4.79 Å². The van der Waals surface area contributed by atoms with Crippen molar-refractivity contribution in [3.05, 3.63) is 42.0 Å². The number of hydrogen-bond donors (Lipinski definition) is 1. The highest BCUT2D eigenvalue weighted by Gasteiger charge is 2.68. The summed E-state index contributed by atoms with van der Waals surface area (Å²) in [6, 6.07) is 7.93. The summed E-state index contributed by atoms with van der Waals surface area (Å²) < 4.78 is 27.0. The van der Waals surface area contributed by atoms with Crippen molar-refractivity contribution in [1.29, 1.82) is 0 Å². The Kier molecular flexibility index (Phi) is 10.5. The number of ketones is 1. The van der Waals surface area contributed by atoms with Gasteiger partial charge in [0.25, 0.3) is 0 Å². The molecule has 266 valence electrons. The van der Waals surface area contributed by atoms with Crippen molar-refractivity contribution in [2.24, 2.45) is 22.7 Å². The maximum Gasteiger partial charge on any atom is 0.193 e. The molecule has 6 nitrogen and oxygen atoms in total. The van der Waals surface area contributed by atoms with Gasteiger partial charge in [0, 0.05) is 17.3 Å². The van der Waals surface area contributed by atoms with Gasteiger partial charge in [-0.1, -0.05) is 86.6 Å². The monoisotopic (exact) mass is 686 g/mol. The van der Waals surface area contributed by atoms with Crippen LogP contribution in [-0.4, -0.2) is 58.5 Å². The Morgan fingerprint density at radius 2 is 1.51 bits per heavy atom. The van der Waals surface area contributed by atoms with Gasteiger partial charge in [-0.2, -0.15) is 0 Å². The summed E-state index contributed by atoms with van der Waals surface area (Å²) in [6.45, 7) is 34.0. The second kappa shape index (κ2) is 12.8. The van der Waals surface area contributed by atoms with Crippen molar-refractivity contribution in [2.45, 2.75) is 161 Å². The largest absolute Gasteiger partial charge is 0.497 e. The number of benzene rings is 1. The molecule has 4 rings (SSSR count). The first-order chi connectivity index (χ1) is 21.4. The molecule has 1 aromatic rings. The van der Waals surface area contributed by atoms with Gasteiger partial charge in [-0.25, -0.2) is 0 Å². The lowest BCUT2D eigenvalue weighted by Gasteiger charge is -2.55. The van der Waals surface area contributed by atoms with Crippen molar-refractivity contribution >= 4 is 22.4 Å². The van der Waals surface area contributed by atoms with Crippen molar-refractivity contribution in [3.63, 3.8) is 0 Å². The number of carbonyl (C=O) groups excluding carboxylic acids is 1. The Balaban J connectivity index is 1.89. The number of carbonyl (C=O) groups is 1. The highest BCUT2D eigenvalue weighted by molar-refractivity contribution is 6.74. The van der Waals surface area contributed by atoms with Crippen LogP contribution < -0.4 is 4.74 Å². The number of aliphatic hydroxyl groups is 1. The van der Waals surface area contributed by atoms with Crippen LogP contribution in [-0.2, 0) is 25.0 Å². The van der Waals surface area contributed by atoms with Crippen molar-refractivity contribution in [2.75, 3.05) is 7.11 Å². The van der Waals surface area contributed by atoms with Gasteiger partial charge in [0.05, 0.1) is 32.0 Å². The van der Waals surface area contributed by atoms with Gasteiger partial charge in [-0.15, -0.1) is 0 Å². The van der Waals surface area contributed by atoms with Crippen molar-refractivity contribution in [3.8, 4) is 5.75 Å². The van der Waals surface area contributed by atoms with E-state index >= 15 is 4.79 Å². The Morgan fingerprint density at radius 1 is 0.936 bits per heavy atom. The fourth-order valence-electron chi connectivity index (χ4n) is 8.23. The second-order valence-corrected chi connectivity index (χ2v) is 28.2. The molecule has 0 spiro atoms. The number of aliphatic hydroxyl groups excluding tert-OH is 1. The summed E-state index contributed by atoms with van der Waals surface area (Å²) in [6.07, 6.45) is 1.57. The molecule has 0 heterocycles. The zero-order chi connectivity index (χ0) is 35.6. The van der Waals surface area contributed by atoms with Gasteiger partial charge < -0.3 is 23.4 Å². The summed E-state index contributed by atoms with van der Waals surface area (Å²) in [5, 5.41) is 12.9. The number of hydrogen-bond acceptors (Lipinski definition) is 6. The third kappa shape index (κ3) is 6.65. The van der Waals surface area contributed by atoms with Gasteiger partial charge in [-0.05, 0) is 91.5 Å². The molecule has 0 aliphatic heterocycles. The summed E-state index contributed by atoms with van der Waals surface area (Å²) in [7, 11) is -2.96. The van der Waals surface area contributed by atoms with Crippen LogP contribution in [0.1, 0.15) is 100.0 Å². The number of ether oxygens (including phenoxy) is 2. The number of rotatable bonds is 8. The second-order valence-electron chi connectivity index (χ2n) is 18.7. The fourth-order valence-corrected chi connectivity index (χ4v) is 11.3. The SMILES string of the molecule is C=C1CC[C@H](O[Si](C)(C)C(C)(C)C)[C@]2(C)[C@@H]1CC(=O)[C@]1(O[Si](C)(C)C(C)(C)C)CC[C@H]([C@@H](OCc3ccc(OC)cc3)[C@@H]2O)C1(C)C. The van der Waals surface area contributed by atoms with Crippen LogP contribution in [0.15, 0.2) is 36.4 Å². The van der Waals surface area contributed by atoms with E-state index in [0.717, 1.165) is 36.1 Å². The minimum absolute atomic E-state index is 0.00101. The Labute approximate surface area is 288 Å². The zero-order valence-corrected chi connectivity index (χ0v) is 34.1. The minimum Gasteiger partial charge on any atom is -0.497 e. The molecule has 47 heavy (non-hydrogen) atoms. The van der Waals surface area contributed by atoms with Crippen molar-refractivity contribution < 1.29 is 28.2 Å². The lowest BCUT2D eigenvalue weighted by molar-refractivity contribution is -0.180. The molecule has 0 amide bonds. The maximum absolute atomic E-state index is 15.2. The molecule has 0 aromatic heterocycles. The summed E-state index contributed by atoms with van der Waals surface area (Å²) in [4.78, 5) is 15.2. The summed E-state index contributed by atoms with van der Waals surface area (Å²) in [5.74, 6) is 0.587. The first-order valence-electron chi connectivity index (χ1n) is 17.9. The molecule has 7 atom stereocenters. The van der Waals surface area contributed by atoms with Gasteiger partial charge in [0.15, 0.2) is 22.4 Å². The summed E-state index contributed by atoms with van der Waals surface area (Å²) in [5.41, 5.74) is -0.282. The molecule has 2 bridgehead atoms. The Bertz CT molecular complexity index is 1310. The topological polar surface area (TPSA) is 74.2 Å². The quantitative estimate of drug-likeness (QED) is 0.217. The van der Waals surface area contributed by atoms with Gasteiger partial charge in [0.2, 0.25) is 0 Å². The van der Waals surface area contributed by atoms with E-state index in [1.807, 2.05) is 24.3 Å². The molecule has 8 heteroatoms. The molecule has 0 radical (unpaired) electrons. The Morgan fingerprint density at radius 3 is 2.04 bits per heavy atom. The average molecular weight is 687 g/mol. The van der Waals surface area contributed by atoms with Crippen LogP contribution in [0.3, 0.4) is 0 Å². The van der Waals surface area contributed by atoms with Crippen LogP contribution in [0, 0.1) is 22.7 Å². The van der Waals surface area contributed by atoms with Crippen molar-refractivity contribution in [1.82, 2.24) is 0 Å². The van der Waals surface area contributed by atoms with Crippen LogP contribution in [0.5, 0.6) is 5.75 Å². The molecular weight excluding hydrogens is 621 g/mol. The molecule has 3 saturated carbocycles. The van der Waals surface area contributed by atoms with E-state index in [-0.39, 0.29) is 33.8 Å². The van der Waals surface area contributed by atoms with E-state index in [4.69, 9.17) is 18.3 Å². The number of allylic oxidation sites excluding steroid dienone is 1. The normalized spacial score (nSPS) is 33.6. The third-order valence-corrected chi connectivity index (χ3v) is 22.7. The molecule has 0 saturated heterocycles. The maximum atomic E-state index is 15.2. The predicted molar refractivity (Wildman–Crippen MR) is 197 cm³/mol. The van der Waals surface area contributed by atoms with Gasteiger partial charge in [0.1, 0.15) is 11.4 Å². The number of fused-ring (bicyclic) bond motifs is 3. The first kappa shape index (κ1) is 38.5. The van der Waals surface area contributed by atoms with Crippen LogP contribution in [0.4, 0.5) is 0 Å². The van der Waals surface area contributed by atoms with Crippen LogP contribution in [0.2, 0.25) is 36.3 Å². The lowest BCUT2D eigenvalue weighted by atomic mass is 9.58. The Hall–Kier alpha value is -1.30. The van der Waals surface area contributed by atoms with E-state index in [1.165, 1.54) is 0 Å². The summed E-state index contributed by atoms with van der Waals surface area (Å²) >= 11 is 0. The van der Waals surface area contributed by atoms with E-state index in [9.17, 15) is 5.11 Å². The first-order valence-corrected chi connectivity index (χ1v) is 23.7. The van der Waals surface area contributed by atoms with Crippen LogP contribution >= 0.6 is 0 Å². The molecule has 3 fully saturated rings. The van der Waals surface area contributed by atoms with Crippen LogP contribution in [0.25, 0.3) is 0 Å². The zero-order valence-electron chi connectivity index (χ0n) is 32.1. The predicted octanol–water partition coefficient (Wildman–Crippen LogP) is 9.47. The molecular formula is C39H66O6Si2. The molecule has 3 aliphatic rings. The molecule has 1 aromatic carbocycles. The van der Waals surface area contributed by atoms with E-state index < -0.39 is 45.3 Å².